The number of aryl methyl sites for hydroxylation is 2. The maximum absolute atomic E-state index is 6.45. The molecule has 0 atom stereocenters. The molecule has 2 nitrogen and oxygen atoms in total. The molecule has 0 aliphatic rings. The van der Waals surface area contributed by atoms with E-state index in [-0.39, 0.29) is 5.41 Å². The fraction of sp³-hybridized carbons (Fsp3) is 0.194. The van der Waals surface area contributed by atoms with Crippen LogP contribution >= 0.6 is 11.3 Å². The van der Waals surface area contributed by atoms with E-state index in [1.165, 1.54) is 31.3 Å². The van der Waals surface area contributed by atoms with Gasteiger partial charge in [-0.1, -0.05) is 45.0 Å². The van der Waals surface area contributed by atoms with Gasteiger partial charge in [-0.05, 0) is 83.4 Å². The van der Waals surface area contributed by atoms with Crippen LogP contribution in [0.2, 0.25) is 0 Å². The Kier molecular flexibility index (Phi) is 4.69. The first-order valence-electron chi connectivity index (χ1n) is 11.7. The van der Waals surface area contributed by atoms with Crippen LogP contribution in [0.3, 0.4) is 0 Å². The molecule has 6 rings (SSSR count). The predicted molar refractivity (Wildman–Crippen MR) is 146 cm³/mol. The van der Waals surface area contributed by atoms with Gasteiger partial charge in [-0.2, -0.15) is 0 Å². The number of rotatable bonds is 2. The number of furan rings is 1. The van der Waals surface area contributed by atoms with Gasteiger partial charge >= 0.3 is 0 Å². The summed E-state index contributed by atoms with van der Waals surface area (Å²) in [5.74, 6) is 0.923. The Morgan fingerprint density at radius 3 is 2.44 bits per heavy atom. The lowest BCUT2D eigenvalue weighted by Gasteiger charge is -2.22. The highest BCUT2D eigenvalue weighted by molar-refractivity contribution is 7.19. The average molecular weight is 462 g/mol. The molecule has 0 N–H and O–H groups in total. The summed E-state index contributed by atoms with van der Waals surface area (Å²) in [6, 6.07) is 24.1. The second-order valence-corrected chi connectivity index (χ2v) is 11.5. The molecule has 0 amide bonds. The first-order valence-corrected chi connectivity index (χ1v) is 12.5. The smallest absolute Gasteiger partial charge is 0.138 e. The zero-order valence-electron chi connectivity index (χ0n) is 20.2. The monoisotopic (exact) mass is 461 g/mol. The van der Waals surface area contributed by atoms with Gasteiger partial charge in [0.1, 0.15) is 11.3 Å². The second-order valence-electron chi connectivity index (χ2n) is 10.2. The van der Waals surface area contributed by atoms with Gasteiger partial charge in [-0.15, -0.1) is 11.3 Å². The van der Waals surface area contributed by atoms with Crippen LogP contribution in [-0.4, -0.2) is 4.98 Å². The molecule has 3 aromatic heterocycles. The Balaban J connectivity index is 1.59. The summed E-state index contributed by atoms with van der Waals surface area (Å²) in [5.41, 5.74) is 6.59. The van der Waals surface area contributed by atoms with Crippen molar-refractivity contribution in [1.29, 1.82) is 0 Å². The minimum atomic E-state index is 0.0220. The highest BCUT2D eigenvalue weighted by Gasteiger charge is 2.22. The van der Waals surface area contributed by atoms with E-state index < -0.39 is 0 Å². The maximum atomic E-state index is 6.45. The molecule has 0 saturated heterocycles. The number of hydrogen-bond acceptors (Lipinski definition) is 3. The highest BCUT2D eigenvalue weighted by atomic mass is 32.1. The van der Waals surface area contributed by atoms with E-state index >= 15 is 0 Å². The van der Waals surface area contributed by atoms with Gasteiger partial charge in [0.05, 0.1) is 11.1 Å². The van der Waals surface area contributed by atoms with Gasteiger partial charge in [0.15, 0.2) is 0 Å². The highest BCUT2D eigenvalue weighted by Crippen LogP contribution is 2.41. The van der Waals surface area contributed by atoms with Crippen molar-refractivity contribution in [3.63, 3.8) is 0 Å². The zero-order valence-corrected chi connectivity index (χ0v) is 21.0. The van der Waals surface area contributed by atoms with Crippen molar-refractivity contribution in [2.24, 2.45) is 0 Å². The maximum Gasteiger partial charge on any atom is 0.138 e. The average Bonchev–Trinajstić information content (AvgIpc) is 3.36. The Hall–Kier alpha value is -3.43. The van der Waals surface area contributed by atoms with Gasteiger partial charge in [-0.3, -0.25) is 4.98 Å². The van der Waals surface area contributed by atoms with E-state index in [4.69, 9.17) is 9.40 Å². The lowest BCUT2D eigenvalue weighted by molar-refractivity contribution is 0.596. The molecule has 0 unspecified atom stereocenters. The van der Waals surface area contributed by atoms with E-state index in [0.29, 0.717) is 0 Å². The fourth-order valence-corrected chi connectivity index (χ4v) is 5.98. The Morgan fingerprint density at radius 1 is 0.824 bits per heavy atom. The summed E-state index contributed by atoms with van der Waals surface area (Å²) in [6.45, 7) is 11.1. The summed E-state index contributed by atoms with van der Waals surface area (Å²) >= 11 is 1.83. The largest absolute Gasteiger partial charge is 0.456 e. The zero-order chi connectivity index (χ0) is 23.6. The SMILES string of the molecule is Cc1cc2cc(-c3oc4ccnc(-c5cc(C(C)(C)C)c6ccccc6c5)c4c3C)ccc2s1. The van der Waals surface area contributed by atoms with Crippen LogP contribution in [0.15, 0.2) is 77.3 Å². The third-order valence-corrected chi connectivity index (χ3v) is 7.72. The van der Waals surface area contributed by atoms with E-state index in [1.807, 2.05) is 23.6 Å². The molecule has 0 radical (unpaired) electrons. The summed E-state index contributed by atoms with van der Waals surface area (Å²) < 4.78 is 7.76. The molecule has 0 fully saturated rings. The molecule has 3 aromatic carbocycles. The number of benzene rings is 3. The minimum Gasteiger partial charge on any atom is -0.456 e. The minimum absolute atomic E-state index is 0.0220. The lowest BCUT2D eigenvalue weighted by atomic mass is 9.82. The third-order valence-electron chi connectivity index (χ3n) is 6.69. The molecule has 168 valence electrons. The molecule has 0 saturated carbocycles. The van der Waals surface area contributed by atoms with Crippen molar-refractivity contribution < 1.29 is 4.42 Å². The van der Waals surface area contributed by atoms with Crippen LogP contribution in [0.4, 0.5) is 0 Å². The van der Waals surface area contributed by atoms with Crippen molar-refractivity contribution in [2.45, 2.75) is 40.0 Å². The molecule has 0 aliphatic carbocycles. The van der Waals surface area contributed by atoms with Crippen LogP contribution in [0.25, 0.3) is 54.4 Å². The Morgan fingerprint density at radius 2 is 1.62 bits per heavy atom. The topological polar surface area (TPSA) is 26.0 Å². The first kappa shape index (κ1) is 21.1. The predicted octanol–water partition coefficient (Wildman–Crippen LogP) is 9.44. The third kappa shape index (κ3) is 3.35. The van der Waals surface area contributed by atoms with Crippen molar-refractivity contribution >= 4 is 43.2 Å². The molecule has 34 heavy (non-hydrogen) atoms. The molecule has 0 bridgehead atoms. The van der Waals surface area contributed by atoms with Crippen molar-refractivity contribution in [2.75, 3.05) is 0 Å². The van der Waals surface area contributed by atoms with Crippen LogP contribution in [0.5, 0.6) is 0 Å². The van der Waals surface area contributed by atoms with Gasteiger partial charge in [0.25, 0.3) is 0 Å². The molecule has 0 spiro atoms. The second kappa shape index (κ2) is 7.54. The van der Waals surface area contributed by atoms with Gasteiger partial charge < -0.3 is 4.42 Å². The number of aromatic nitrogens is 1. The van der Waals surface area contributed by atoms with Crippen molar-refractivity contribution in [1.82, 2.24) is 4.98 Å². The number of hydrogen-bond donors (Lipinski definition) is 0. The fourth-order valence-electron chi connectivity index (χ4n) is 5.07. The van der Waals surface area contributed by atoms with Gasteiger partial charge in [0, 0.05) is 32.5 Å². The summed E-state index contributed by atoms with van der Waals surface area (Å²) in [6.07, 6.45) is 1.86. The van der Waals surface area contributed by atoms with Crippen LogP contribution in [0.1, 0.15) is 36.8 Å². The van der Waals surface area contributed by atoms with E-state index in [2.05, 4.69) is 95.3 Å². The lowest BCUT2D eigenvalue weighted by Crippen LogP contribution is -2.12. The normalized spacial score (nSPS) is 12.3. The molecule has 3 heterocycles. The number of thiophene rings is 1. The van der Waals surface area contributed by atoms with Crippen LogP contribution in [0, 0.1) is 13.8 Å². The number of fused-ring (bicyclic) bond motifs is 3. The molecule has 6 aromatic rings. The number of nitrogens with zero attached hydrogens (tertiary/aromatic N) is 1. The Labute approximate surface area is 203 Å². The summed E-state index contributed by atoms with van der Waals surface area (Å²) in [5, 5.41) is 4.90. The number of pyridine rings is 1. The molecular formula is C31H27NOS. The van der Waals surface area contributed by atoms with Crippen molar-refractivity contribution in [3.05, 3.63) is 88.9 Å². The molecular weight excluding hydrogens is 434 g/mol. The van der Waals surface area contributed by atoms with Gasteiger partial charge in [0.2, 0.25) is 0 Å². The van der Waals surface area contributed by atoms with Crippen LogP contribution < -0.4 is 0 Å². The summed E-state index contributed by atoms with van der Waals surface area (Å²) in [7, 11) is 0. The standard InChI is InChI=1S/C31H27NOS/c1-18-14-22-16-21(10-11-27(22)34-18)30-19(2)28-26(33-30)12-13-32-29(28)23-15-20-8-6-7-9-24(20)25(17-23)31(3,4)5/h6-17H,1-5H3. The first-order chi connectivity index (χ1) is 16.3. The van der Waals surface area contributed by atoms with Gasteiger partial charge in [-0.25, -0.2) is 0 Å². The van der Waals surface area contributed by atoms with Crippen molar-refractivity contribution in [3.8, 4) is 22.6 Å². The molecule has 3 heteroatoms. The van der Waals surface area contributed by atoms with E-state index in [0.717, 1.165) is 39.1 Å². The van der Waals surface area contributed by atoms with Crippen LogP contribution in [-0.2, 0) is 5.41 Å². The van der Waals surface area contributed by atoms with E-state index in [9.17, 15) is 0 Å². The Bertz CT molecular complexity index is 1710. The quantitative estimate of drug-likeness (QED) is 0.257. The summed E-state index contributed by atoms with van der Waals surface area (Å²) in [4.78, 5) is 6.19. The van der Waals surface area contributed by atoms with E-state index in [1.54, 1.807) is 0 Å². The molecule has 0 aliphatic heterocycles.